The average molecular weight is 364 g/mol. The van der Waals surface area contributed by atoms with Crippen LogP contribution in [-0.2, 0) is 11.3 Å². The normalized spacial score (nSPS) is 12.2. The van der Waals surface area contributed by atoms with Gasteiger partial charge >= 0.3 is 7.12 Å². The van der Waals surface area contributed by atoms with Crippen molar-refractivity contribution in [3.63, 3.8) is 0 Å². The third kappa shape index (κ3) is 4.61. The number of hydrogen-bond donors (Lipinski definition) is 2. The highest BCUT2D eigenvalue weighted by Gasteiger charge is 2.41. The molecule has 2 rings (SSSR count). The van der Waals surface area contributed by atoms with Gasteiger partial charge in [0.1, 0.15) is 12.4 Å². The molecular formula is C19H23BF2O4. The van der Waals surface area contributed by atoms with Crippen LogP contribution in [0.25, 0.3) is 0 Å². The van der Waals surface area contributed by atoms with Gasteiger partial charge in [-0.1, -0.05) is 30.3 Å². The highest BCUT2D eigenvalue weighted by Crippen LogP contribution is 2.26. The van der Waals surface area contributed by atoms with Gasteiger partial charge in [-0.3, -0.25) is 0 Å². The molecule has 0 fully saturated rings. The maximum Gasteiger partial charge on any atom is 0.498 e. The van der Waals surface area contributed by atoms with Crippen LogP contribution in [0.1, 0.15) is 33.3 Å². The van der Waals surface area contributed by atoms with Crippen molar-refractivity contribution in [2.45, 2.75) is 45.5 Å². The molecule has 4 nitrogen and oxygen atoms in total. The zero-order valence-electron chi connectivity index (χ0n) is 15.3. The van der Waals surface area contributed by atoms with Crippen molar-refractivity contribution >= 4 is 12.6 Å². The first-order valence-corrected chi connectivity index (χ1v) is 8.26. The SMILES string of the molecule is CC(C)(O)C(C)(C)OB(O)c1c(OCc2ccccc2)ccc(F)c1F. The molecule has 2 aromatic carbocycles. The van der Waals surface area contributed by atoms with Crippen LogP contribution in [0, 0.1) is 11.6 Å². The van der Waals surface area contributed by atoms with Gasteiger partial charge in [0.05, 0.1) is 16.7 Å². The Balaban J connectivity index is 2.29. The first kappa shape index (κ1) is 20.4. The van der Waals surface area contributed by atoms with Gasteiger partial charge in [0.15, 0.2) is 11.6 Å². The zero-order valence-corrected chi connectivity index (χ0v) is 15.3. The molecule has 0 aromatic heterocycles. The lowest BCUT2D eigenvalue weighted by Crippen LogP contribution is -2.53. The minimum Gasteiger partial charge on any atom is -0.489 e. The molecule has 0 spiro atoms. The van der Waals surface area contributed by atoms with Crippen molar-refractivity contribution < 1.29 is 28.3 Å². The molecule has 26 heavy (non-hydrogen) atoms. The predicted molar refractivity (Wildman–Crippen MR) is 96.2 cm³/mol. The monoisotopic (exact) mass is 364 g/mol. The molecule has 0 aliphatic heterocycles. The standard InChI is InChI=1S/C19H23BF2O4/c1-18(2,23)19(3,4)26-20(24)16-15(11-10-14(21)17(16)22)25-12-13-8-6-5-7-9-13/h5-11,23-24H,12H2,1-4H3. The molecule has 7 heteroatoms. The van der Waals surface area contributed by atoms with E-state index in [9.17, 15) is 18.9 Å². The fourth-order valence-electron chi connectivity index (χ4n) is 2.12. The summed E-state index contributed by atoms with van der Waals surface area (Å²) in [6, 6.07) is 11.3. The summed E-state index contributed by atoms with van der Waals surface area (Å²) in [6.07, 6.45) is 0. The Hall–Kier alpha value is -1.96. The molecule has 0 saturated heterocycles. The minimum absolute atomic E-state index is 0.0354. The van der Waals surface area contributed by atoms with Crippen molar-refractivity contribution in [1.29, 1.82) is 0 Å². The van der Waals surface area contributed by atoms with Gasteiger partial charge in [-0.15, -0.1) is 0 Å². The van der Waals surface area contributed by atoms with E-state index in [1.165, 1.54) is 33.8 Å². The lowest BCUT2D eigenvalue weighted by molar-refractivity contribution is -0.0983. The van der Waals surface area contributed by atoms with Crippen molar-refractivity contribution in [2.75, 3.05) is 0 Å². The van der Waals surface area contributed by atoms with Crippen LogP contribution in [0.5, 0.6) is 5.75 Å². The maximum atomic E-state index is 14.4. The van der Waals surface area contributed by atoms with E-state index >= 15 is 0 Å². The molecule has 0 heterocycles. The number of aliphatic hydroxyl groups is 1. The molecule has 0 bridgehead atoms. The number of benzene rings is 2. The van der Waals surface area contributed by atoms with Crippen LogP contribution in [0.2, 0.25) is 0 Å². The second-order valence-corrected chi connectivity index (χ2v) is 7.09. The van der Waals surface area contributed by atoms with Crippen LogP contribution in [0.15, 0.2) is 42.5 Å². The van der Waals surface area contributed by atoms with E-state index < -0.39 is 35.4 Å². The van der Waals surface area contributed by atoms with Gasteiger partial charge in [-0.05, 0) is 45.4 Å². The van der Waals surface area contributed by atoms with Gasteiger partial charge in [0.2, 0.25) is 0 Å². The third-order valence-corrected chi connectivity index (χ3v) is 4.46. The summed E-state index contributed by atoms with van der Waals surface area (Å²) in [7, 11) is -1.82. The Morgan fingerprint density at radius 3 is 2.19 bits per heavy atom. The summed E-state index contributed by atoms with van der Waals surface area (Å²) >= 11 is 0. The summed E-state index contributed by atoms with van der Waals surface area (Å²) in [5.74, 6) is -2.42. The smallest absolute Gasteiger partial charge is 0.489 e. The first-order valence-electron chi connectivity index (χ1n) is 8.26. The number of rotatable bonds is 7. The molecule has 0 atom stereocenters. The second-order valence-electron chi connectivity index (χ2n) is 7.09. The largest absolute Gasteiger partial charge is 0.498 e. The Labute approximate surface area is 152 Å². The van der Waals surface area contributed by atoms with Crippen LogP contribution in [0.4, 0.5) is 8.78 Å². The van der Waals surface area contributed by atoms with Crippen LogP contribution < -0.4 is 10.2 Å². The van der Waals surface area contributed by atoms with Crippen molar-refractivity contribution in [3.05, 3.63) is 59.7 Å². The summed E-state index contributed by atoms with van der Waals surface area (Å²) in [6.45, 7) is 6.18. The van der Waals surface area contributed by atoms with E-state index in [-0.39, 0.29) is 12.4 Å². The molecule has 140 valence electrons. The van der Waals surface area contributed by atoms with Gasteiger partial charge in [-0.25, -0.2) is 8.78 Å². The van der Waals surface area contributed by atoms with Crippen LogP contribution in [0.3, 0.4) is 0 Å². The maximum absolute atomic E-state index is 14.4. The molecule has 0 unspecified atom stereocenters. The summed E-state index contributed by atoms with van der Waals surface area (Å²) in [5, 5.41) is 20.5. The van der Waals surface area contributed by atoms with E-state index in [2.05, 4.69) is 0 Å². The zero-order chi connectivity index (χ0) is 19.5. The second kappa shape index (κ2) is 7.74. The molecule has 2 aromatic rings. The van der Waals surface area contributed by atoms with Crippen molar-refractivity contribution in [1.82, 2.24) is 0 Å². The van der Waals surface area contributed by atoms with Gasteiger partial charge in [0.25, 0.3) is 0 Å². The van der Waals surface area contributed by atoms with Crippen LogP contribution >= 0.6 is 0 Å². The quantitative estimate of drug-likeness (QED) is 0.742. The lowest BCUT2D eigenvalue weighted by Gasteiger charge is -2.38. The topological polar surface area (TPSA) is 58.9 Å². The average Bonchev–Trinajstić information content (AvgIpc) is 2.55. The summed E-state index contributed by atoms with van der Waals surface area (Å²) in [4.78, 5) is 0. The fraction of sp³-hybridized carbons (Fsp3) is 0.368. The predicted octanol–water partition coefficient (Wildman–Crippen LogP) is 2.80. The Bertz CT molecular complexity index is 745. The molecular weight excluding hydrogens is 341 g/mol. The first-order chi connectivity index (χ1) is 12.0. The molecule has 0 radical (unpaired) electrons. The summed E-state index contributed by atoms with van der Waals surface area (Å²) in [5.41, 5.74) is -2.18. The molecule has 0 aliphatic carbocycles. The van der Waals surface area contributed by atoms with E-state index in [0.29, 0.717) is 0 Å². The highest BCUT2D eigenvalue weighted by atomic mass is 19.2. The van der Waals surface area contributed by atoms with Gasteiger partial charge in [-0.2, -0.15) is 0 Å². The Morgan fingerprint density at radius 2 is 1.62 bits per heavy atom. The minimum atomic E-state index is -1.82. The summed E-state index contributed by atoms with van der Waals surface area (Å²) < 4.78 is 39.1. The third-order valence-electron chi connectivity index (χ3n) is 4.46. The Kier molecular flexibility index (Phi) is 6.06. The molecule has 0 saturated carbocycles. The lowest BCUT2D eigenvalue weighted by atomic mass is 9.75. The molecule has 0 amide bonds. The van der Waals surface area contributed by atoms with Gasteiger partial charge in [0, 0.05) is 0 Å². The van der Waals surface area contributed by atoms with Crippen molar-refractivity contribution in [3.8, 4) is 5.75 Å². The Morgan fingerprint density at radius 1 is 1.00 bits per heavy atom. The highest BCUT2D eigenvalue weighted by molar-refractivity contribution is 6.61. The van der Waals surface area contributed by atoms with Crippen molar-refractivity contribution in [2.24, 2.45) is 0 Å². The molecule has 2 N–H and O–H groups in total. The fourth-order valence-corrected chi connectivity index (χ4v) is 2.12. The van der Waals surface area contributed by atoms with Crippen LogP contribution in [-0.4, -0.2) is 28.5 Å². The molecule has 0 aliphatic rings. The number of halogens is 2. The van der Waals surface area contributed by atoms with E-state index in [1.54, 1.807) is 0 Å². The van der Waals surface area contributed by atoms with E-state index in [0.717, 1.165) is 11.6 Å². The van der Waals surface area contributed by atoms with E-state index in [4.69, 9.17) is 9.39 Å². The number of ether oxygens (including phenoxy) is 1. The van der Waals surface area contributed by atoms with E-state index in [1.807, 2.05) is 30.3 Å². The number of hydrogen-bond acceptors (Lipinski definition) is 4. The van der Waals surface area contributed by atoms with Gasteiger partial charge < -0.3 is 19.5 Å².